The molecule has 0 bridgehead atoms. The molecule has 3 rings (SSSR count). The number of hydrogen-bond donors (Lipinski definition) is 2. The van der Waals surface area contributed by atoms with E-state index >= 15 is 0 Å². The maximum atomic E-state index is 12.8. The minimum Gasteiger partial charge on any atom is -0.493 e. The normalized spacial score (nSPS) is 11.3. The lowest BCUT2D eigenvalue weighted by atomic mass is 10.2. The predicted molar refractivity (Wildman–Crippen MR) is 121 cm³/mol. The van der Waals surface area contributed by atoms with Crippen LogP contribution in [0.25, 0.3) is 0 Å². The van der Waals surface area contributed by atoms with Crippen LogP contribution in [0, 0.1) is 6.92 Å². The number of ether oxygens (including phenoxy) is 2. The number of methoxy groups -OCH3 is 1. The fraction of sp³-hybridized carbons (Fsp3) is 0.167. The number of aryl methyl sites for hydroxylation is 1. The van der Waals surface area contributed by atoms with E-state index in [2.05, 4.69) is 15.8 Å². The zero-order chi connectivity index (χ0) is 23.8. The maximum Gasteiger partial charge on any atom is 0.416 e. The van der Waals surface area contributed by atoms with Gasteiger partial charge in [-0.05, 0) is 61.0 Å². The summed E-state index contributed by atoms with van der Waals surface area (Å²) >= 11 is 0. The topological polar surface area (TPSA) is 71.9 Å². The Morgan fingerprint density at radius 2 is 1.76 bits per heavy atom. The van der Waals surface area contributed by atoms with Gasteiger partial charge in [0, 0.05) is 5.69 Å². The van der Waals surface area contributed by atoms with Crippen LogP contribution in [0.4, 0.5) is 24.5 Å². The van der Waals surface area contributed by atoms with Crippen LogP contribution in [0.15, 0.2) is 71.8 Å². The Morgan fingerprint density at radius 1 is 1.00 bits per heavy atom. The molecular weight excluding hydrogens is 435 g/mol. The first-order chi connectivity index (χ1) is 15.7. The molecule has 6 nitrogen and oxygen atoms in total. The number of carbonyl (C=O) groups is 1. The molecule has 0 fully saturated rings. The Bertz CT molecular complexity index is 1130. The molecule has 0 saturated heterocycles. The van der Waals surface area contributed by atoms with Gasteiger partial charge in [0.25, 0.3) is 5.91 Å². The molecule has 3 aromatic rings. The molecule has 0 aliphatic carbocycles. The number of nitrogens with zero attached hydrogens (tertiary/aromatic N) is 1. The molecule has 0 aliphatic rings. The summed E-state index contributed by atoms with van der Waals surface area (Å²) < 4.78 is 49.2. The number of benzene rings is 3. The summed E-state index contributed by atoms with van der Waals surface area (Å²) in [6.07, 6.45) is -3.00. The van der Waals surface area contributed by atoms with Crippen LogP contribution in [-0.2, 0) is 11.0 Å². The molecule has 0 aliphatic heterocycles. The number of alkyl halides is 3. The van der Waals surface area contributed by atoms with Crippen molar-refractivity contribution in [1.29, 1.82) is 0 Å². The molecule has 2 N–H and O–H groups in total. The fourth-order valence-electron chi connectivity index (χ4n) is 2.81. The van der Waals surface area contributed by atoms with Crippen LogP contribution >= 0.6 is 0 Å². The first-order valence-electron chi connectivity index (χ1n) is 9.88. The Labute approximate surface area is 189 Å². The average molecular weight is 457 g/mol. The number of amides is 1. The van der Waals surface area contributed by atoms with Gasteiger partial charge in [-0.25, -0.2) is 0 Å². The van der Waals surface area contributed by atoms with Crippen LogP contribution in [-0.4, -0.2) is 25.8 Å². The first-order valence-corrected chi connectivity index (χ1v) is 9.88. The summed E-state index contributed by atoms with van der Waals surface area (Å²) in [5.41, 5.74) is 4.37. The summed E-state index contributed by atoms with van der Waals surface area (Å²) in [4.78, 5) is 12.1. The smallest absolute Gasteiger partial charge is 0.416 e. The molecule has 0 aromatic heterocycles. The lowest BCUT2D eigenvalue weighted by Gasteiger charge is -2.11. The van der Waals surface area contributed by atoms with E-state index < -0.39 is 11.7 Å². The van der Waals surface area contributed by atoms with Crippen molar-refractivity contribution < 1.29 is 27.4 Å². The van der Waals surface area contributed by atoms with Crippen LogP contribution in [0.5, 0.6) is 11.5 Å². The van der Waals surface area contributed by atoms with Gasteiger partial charge in [0.15, 0.2) is 18.1 Å². The Hall–Kier alpha value is -4.01. The lowest BCUT2D eigenvalue weighted by Crippen LogP contribution is -2.20. The van der Waals surface area contributed by atoms with E-state index in [0.717, 1.165) is 17.7 Å². The Balaban J connectivity index is 1.59. The van der Waals surface area contributed by atoms with Crippen molar-refractivity contribution in [3.8, 4) is 11.5 Å². The zero-order valence-electron chi connectivity index (χ0n) is 17.9. The van der Waals surface area contributed by atoms with Crippen molar-refractivity contribution in [3.63, 3.8) is 0 Å². The van der Waals surface area contributed by atoms with E-state index in [1.807, 2.05) is 19.1 Å². The highest BCUT2D eigenvalue weighted by Gasteiger charge is 2.30. The molecule has 9 heteroatoms. The summed E-state index contributed by atoms with van der Waals surface area (Å²) in [7, 11) is 1.45. The molecule has 0 saturated carbocycles. The lowest BCUT2D eigenvalue weighted by molar-refractivity contribution is -0.137. The number of halogens is 3. The average Bonchev–Trinajstić information content (AvgIpc) is 2.79. The molecule has 0 radical (unpaired) electrons. The second kappa shape index (κ2) is 10.5. The number of rotatable bonds is 8. The van der Waals surface area contributed by atoms with Gasteiger partial charge in [0.2, 0.25) is 0 Å². The number of carbonyl (C=O) groups excluding carboxylic acids is 1. The first kappa shape index (κ1) is 23.6. The molecular formula is C24H22F3N3O3. The molecule has 0 atom stereocenters. The monoisotopic (exact) mass is 457 g/mol. The van der Waals surface area contributed by atoms with Gasteiger partial charge in [-0.15, -0.1) is 0 Å². The van der Waals surface area contributed by atoms with Crippen molar-refractivity contribution in [2.24, 2.45) is 5.10 Å². The Kier molecular flexibility index (Phi) is 7.55. The fourth-order valence-corrected chi connectivity index (χ4v) is 2.81. The molecule has 0 unspecified atom stereocenters. The summed E-state index contributed by atoms with van der Waals surface area (Å²) in [5, 5.41) is 6.70. The van der Waals surface area contributed by atoms with E-state index in [4.69, 9.17) is 9.47 Å². The number of nitrogens with one attached hydrogen (secondary N) is 2. The highest BCUT2D eigenvalue weighted by molar-refractivity contribution is 5.92. The molecule has 0 spiro atoms. The third kappa shape index (κ3) is 6.99. The molecule has 1 amide bonds. The summed E-state index contributed by atoms with van der Waals surface area (Å²) in [6.45, 7) is 1.74. The molecule has 172 valence electrons. The summed E-state index contributed by atoms with van der Waals surface area (Å²) in [5.74, 6) is 0.414. The van der Waals surface area contributed by atoms with Gasteiger partial charge >= 0.3 is 6.18 Å². The predicted octanol–water partition coefficient (Wildman–Crippen LogP) is 5.49. The van der Waals surface area contributed by atoms with Crippen molar-refractivity contribution in [2.45, 2.75) is 13.1 Å². The van der Waals surface area contributed by atoms with Gasteiger partial charge in [-0.2, -0.15) is 18.3 Å². The van der Waals surface area contributed by atoms with Gasteiger partial charge < -0.3 is 14.8 Å². The highest BCUT2D eigenvalue weighted by Crippen LogP contribution is 2.31. The number of hydrazone groups is 1. The third-order valence-electron chi connectivity index (χ3n) is 4.48. The second-order valence-corrected chi connectivity index (χ2v) is 7.06. The largest absolute Gasteiger partial charge is 0.493 e. The van der Waals surface area contributed by atoms with Crippen molar-refractivity contribution in [2.75, 3.05) is 24.5 Å². The molecule has 0 heterocycles. The van der Waals surface area contributed by atoms with E-state index in [1.165, 1.54) is 25.5 Å². The molecule has 33 heavy (non-hydrogen) atoms. The summed E-state index contributed by atoms with van der Waals surface area (Å²) in [6, 6.07) is 17.0. The standard InChI is InChI=1S/C24H22F3N3O3/c1-16-6-9-19(10-7-16)29-23(31)15-33-21-11-8-17(12-22(21)32-2)14-28-30-20-5-3-4-18(13-20)24(25,26)27/h3-14,30H,15H2,1-2H3,(H,29,31)/b28-14+. The second-order valence-electron chi connectivity index (χ2n) is 7.06. The quantitative estimate of drug-likeness (QED) is 0.347. The van der Waals surface area contributed by atoms with Gasteiger partial charge in [0.05, 0.1) is 24.6 Å². The van der Waals surface area contributed by atoms with Gasteiger partial charge in [0.1, 0.15) is 0 Å². The number of anilines is 2. The third-order valence-corrected chi connectivity index (χ3v) is 4.48. The zero-order valence-corrected chi connectivity index (χ0v) is 17.9. The highest BCUT2D eigenvalue weighted by atomic mass is 19.4. The van der Waals surface area contributed by atoms with E-state index in [-0.39, 0.29) is 18.2 Å². The van der Waals surface area contributed by atoms with Crippen LogP contribution in [0.2, 0.25) is 0 Å². The number of hydrogen-bond acceptors (Lipinski definition) is 5. The van der Waals surface area contributed by atoms with Crippen LogP contribution < -0.4 is 20.2 Å². The molecule has 3 aromatic carbocycles. The SMILES string of the molecule is COc1cc(/C=N/Nc2cccc(C(F)(F)F)c2)ccc1OCC(=O)Nc1ccc(C)cc1. The van der Waals surface area contributed by atoms with Gasteiger partial charge in [-0.1, -0.05) is 23.8 Å². The van der Waals surface area contributed by atoms with Crippen molar-refractivity contribution in [1.82, 2.24) is 0 Å². The van der Waals surface area contributed by atoms with Crippen LogP contribution in [0.3, 0.4) is 0 Å². The van der Waals surface area contributed by atoms with Crippen molar-refractivity contribution in [3.05, 3.63) is 83.4 Å². The van der Waals surface area contributed by atoms with E-state index in [0.29, 0.717) is 22.7 Å². The minimum atomic E-state index is -4.43. The Morgan fingerprint density at radius 3 is 2.45 bits per heavy atom. The van der Waals surface area contributed by atoms with Gasteiger partial charge in [-0.3, -0.25) is 10.2 Å². The maximum absolute atomic E-state index is 12.8. The van der Waals surface area contributed by atoms with Crippen molar-refractivity contribution >= 4 is 23.5 Å². The minimum absolute atomic E-state index is 0.201. The van der Waals surface area contributed by atoms with Crippen LogP contribution in [0.1, 0.15) is 16.7 Å². The van der Waals surface area contributed by atoms with E-state index in [9.17, 15) is 18.0 Å². The van der Waals surface area contributed by atoms with E-state index in [1.54, 1.807) is 30.3 Å².